The van der Waals surface area contributed by atoms with Gasteiger partial charge >= 0.3 is 0 Å². The number of sulfonamides is 1. The average molecular weight is 298 g/mol. The molecule has 0 aliphatic rings. The molecular formula is C12H12ClN3O2S. The summed E-state index contributed by atoms with van der Waals surface area (Å²) in [4.78, 5) is 8.05. The van der Waals surface area contributed by atoms with Gasteiger partial charge in [0.05, 0.1) is 17.1 Å². The number of halogens is 1. The number of nitrogens with one attached hydrogen (secondary N) is 1. The molecule has 5 nitrogen and oxygen atoms in total. The topological polar surface area (TPSA) is 72.0 Å². The summed E-state index contributed by atoms with van der Waals surface area (Å²) >= 11 is 5.67. The molecule has 2 rings (SSSR count). The van der Waals surface area contributed by atoms with Crippen molar-refractivity contribution < 1.29 is 8.42 Å². The highest BCUT2D eigenvalue weighted by atomic mass is 35.5. The summed E-state index contributed by atoms with van der Waals surface area (Å²) in [6.07, 6.45) is 1.35. The number of rotatable bonds is 4. The maximum absolute atomic E-state index is 12.0. The Balaban J connectivity index is 2.14. The van der Waals surface area contributed by atoms with E-state index in [4.69, 9.17) is 11.6 Å². The summed E-state index contributed by atoms with van der Waals surface area (Å²) in [6.45, 7) is 1.98. The zero-order valence-corrected chi connectivity index (χ0v) is 11.7. The van der Waals surface area contributed by atoms with E-state index in [1.54, 1.807) is 6.07 Å². The maximum atomic E-state index is 12.0. The van der Waals surface area contributed by atoms with Crippen LogP contribution in [0.1, 0.15) is 11.4 Å². The van der Waals surface area contributed by atoms with E-state index in [1.165, 1.54) is 18.3 Å². The average Bonchev–Trinajstić information content (AvgIpc) is 2.37. The molecule has 100 valence electrons. The molecule has 2 heterocycles. The maximum Gasteiger partial charge on any atom is 0.241 e. The molecule has 0 unspecified atom stereocenters. The van der Waals surface area contributed by atoms with Gasteiger partial charge in [0.15, 0.2) is 0 Å². The molecular weight excluding hydrogens is 286 g/mol. The van der Waals surface area contributed by atoms with Crippen molar-refractivity contribution in [1.82, 2.24) is 14.7 Å². The molecule has 1 N–H and O–H groups in total. The molecule has 0 aliphatic carbocycles. The van der Waals surface area contributed by atoms with Crippen LogP contribution in [0.4, 0.5) is 0 Å². The molecule has 0 aromatic carbocycles. The zero-order valence-electron chi connectivity index (χ0n) is 10.2. The number of aromatic nitrogens is 2. The van der Waals surface area contributed by atoms with Crippen LogP contribution in [0.2, 0.25) is 5.15 Å². The first-order chi connectivity index (χ1) is 8.97. The van der Waals surface area contributed by atoms with E-state index >= 15 is 0 Å². The number of pyridine rings is 2. The summed E-state index contributed by atoms with van der Waals surface area (Å²) in [5, 5.41) is 0.136. The third-order valence-electron chi connectivity index (χ3n) is 2.40. The Bertz CT molecular complexity index is 689. The van der Waals surface area contributed by atoms with Crippen LogP contribution in [0.25, 0.3) is 0 Å². The van der Waals surface area contributed by atoms with Gasteiger partial charge in [0.25, 0.3) is 0 Å². The fourth-order valence-electron chi connectivity index (χ4n) is 1.50. The van der Waals surface area contributed by atoms with Crippen molar-refractivity contribution in [1.29, 1.82) is 0 Å². The van der Waals surface area contributed by atoms with Crippen LogP contribution in [-0.4, -0.2) is 18.4 Å². The molecule has 19 heavy (non-hydrogen) atoms. The Kier molecular flexibility index (Phi) is 4.14. The van der Waals surface area contributed by atoms with Gasteiger partial charge < -0.3 is 0 Å². The zero-order chi connectivity index (χ0) is 13.9. The summed E-state index contributed by atoms with van der Waals surface area (Å²) in [7, 11) is -3.61. The molecule has 0 atom stereocenters. The molecule has 0 fully saturated rings. The van der Waals surface area contributed by atoms with Crippen molar-refractivity contribution in [3.05, 3.63) is 53.1 Å². The van der Waals surface area contributed by atoms with Crippen LogP contribution < -0.4 is 4.72 Å². The van der Waals surface area contributed by atoms with Crippen LogP contribution in [-0.2, 0) is 16.6 Å². The van der Waals surface area contributed by atoms with E-state index < -0.39 is 10.0 Å². The summed E-state index contributed by atoms with van der Waals surface area (Å²) in [6, 6.07) is 8.12. The first-order valence-corrected chi connectivity index (χ1v) is 7.37. The molecule has 0 saturated carbocycles. The lowest BCUT2D eigenvalue weighted by molar-refractivity contribution is 0.580. The van der Waals surface area contributed by atoms with Gasteiger partial charge in [0.2, 0.25) is 10.0 Å². The van der Waals surface area contributed by atoms with Gasteiger partial charge in [-0.15, -0.1) is 0 Å². The van der Waals surface area contributed by atoms with Crippen LogP contribution in [0, 0.1) is 6.92 Å². The quantitative estimate of drug-likeness (QED) is 0.875. The third kappa shape index (κ3) is 3.73. The van der Waals surface area contributed by atoms with Crippen LogP contribution >= 0.6 is 11.6 Å². The van der Waals surface area contributed by atoms with Crippen molar-refractivity contribution in [2.45, 2.75) is 18.4 Å². The van der Waals surface area contributed by atoms with Gasteiger partial charge in [-0.2, -0.15) is 0 Å². The number of hydrogen-bond acceptors (Lipinski definition) is 4. The van der Waals surface area contributed by atoms with Gasteiger partial charge in [-0.3, -0.25) is 4.98 Å². The largest absolute Gasteiger partial charge is 0.257 e. The highest BCUT2D eigenvalue weighted by molar-refractivity contribution is 7.89. The van der Waals surface area contributed by atoms with Crippen molar-refractivity contribution in [2.24, 2.45) is 0 Å². The van der Waals surface area contributed by atoms with Crippen molar-refractivity contribution in [3.8, 4) is 0 Å². The normalized spacial score (nSPS) is 11.5. The highest BCUT2D eigenvalue weighted by Crippen LogP contribution is 2.13. The first-order valence-electron chi connectivity index (χ1n) is 5.51. The molecule has 0 amide bonds. The number of hydrogen-bond donors (Lipinski definition) is 1. The van der Waals surface area contributed by atoms with E-state index in [1.807, 2.05) is 19.1 Å². The van der Waals surface area contributed by atoms with E-state index in [9.17, 15) is 8.42 Å². The van der Waals surface area contributed by atoms with Gasteiger partial charge in [-0.25, -0.2) is 18.1 Å². The SMILES string of the molecule is Cc1cccc(CNS(=O)(=O)c2ccnc(Cl)c2)n1. The van der Waals surface area contributed by atoms with Crippen molar-refractivity contribution in [3.63, 3.8) is 0 Å². The molecule has 7 heteroatoms. The third-order valence-corrected chi connectivity index (χ3v) is 4.00. The van der Waals surface area contributed by atoms with Crippen LogP contribution in [0.15, 0.2) is 41.4 Å². The van der Waals surface area contributed by atoms with E-state index in [-0.39, 0.29) is 16.6 Å². The smallest absolute Gasteiger partial charge is 0.241 e. The second-order valence-electron chi connectivity index (χ2n) is 3.91. The molecule has 2 aromatic heterocycles. The first kappa shape index (κ1) is 13.9. The lowest BCUT2D eigenvalue weighted by atomic mass is 10.3. The van der Waals surface area contributed by atoms with Gasteiger partial charge in [0.1, 0.15) is 5.15 Å². The molecule has 0 saturated heterocycles. The summed E-state index contributed by atoms with van der Waals surface area (Å²) in [5.41, 5.74) is 1.49. The molecule has 0 bridgehead atoms. The Morgan fingerprint density at radius 3 is 2.79 bits per heavy atom. The second-order valence-corrected chi connectivity index (χ2v) is 6.06. The van der Waals surface area contributed by atoms with E-state index in [2.05, 4.69) is 14.7 Å². The number of nitrogens with zero attached hydrogens (tertiary/aromatic N) is 2. The second kappa shape index (κ2) is 5.64. The van der Waals surface area contributed by atoms with Gasteiger partial charge in [-0.1, -0.05) is 17.7 Å². The fraction of sp³-hybridized carbons (Fsp3) is 0.167. The Labute approximate surface area is 116 Å². The molecule has 0 spiro atoms. The lowest BCUT2D eigenvalue weighted by Crippen LogP contribution is -2.23. The summed E-state index contributed by atoms with van der Waals surface area (Å²) < 4.78 is 26.5. The Morgan fingerprint density at radius 1 is 1.32 bits per heavy atom. The molecule has 2 aromatic rings. The van der Waals surface area contributed by atoms with E-state index in [0.29, 0.717) is 5.69 Å². The Hall–Kier alpha value is -1.50. The predicted octanol–water partition coefficient (Wildman–Crippen LogP) is 1.92. The minimum absolute atomic E-state index is 0.0835. The molecule has 0 radical (unpaired) electrons. The van der Waals surface area contributed by atoms with Gasteiger partial charge in [0, 0.05) is 11.9 Å². The van der Waals surface area contributed by atoms with Crippen molar-refractivity contribution in [2.75, 3.05) is 0 Å². The fourth-order valence-corrected chi connectivity index (χ4v) is 2.75. The van der Waals surface area contributed by atoms with Gasteiger partial charge in [-0.05, 0) is 31.2 Å². The van der Waals surface area contributed by atoms with E-state index in [0.717, 1.165) is 5.69 Å². The monoisotopic (exact) mass is 297 g/mol. The van der Waals surface area contributed by atoms with Crippen LogP contribution in [0.3, 0.4) is 0 Å². The Morgan fingerprint density at radius 2 is 2.11 bits per heavy atom. The standard InChI is InChI=1S/C12H12ClN3O2S/c1-9-3-2-4-10(16-9)8-15-19(17,18)11-5-6-14-12(13)7-11/h2-7,15H,8H2,1H3. The van der Waals surface area contributed by atoms with Crippen molar-refractivity contribution >= 4 is 21.6 Å². The minimum Gasteiger partial charge on any atom is -0.257 e. The lowest BCUT2D eigenvalue weighted by Gasteiger charge is -2.06. The highest BCUT2D eigenvalue weighted by Gasteiger charge is 2.14. The summed E-state index contributed by atoms with van der Waals surface area (Å²) in [5.74, 6) is 0. The predicted molar refractivity (Wildman–Crippen MR) is 72.2 cm³/mol. The molecule has 0 aliphatic heterocycles. The minimum atomic E-state index is -3.61. The van der Waals surface area contributed by atoms with Crippen LogP contribution in [0.5, 0.6) is 0 Å². The number of aryl methyl sites for hydroxylation is 1.